The van der Waals surface area contributed by atoms with Crippen molar-refractivity contribution in [2.75, 3.05) is 6.26 Å². The van der Waals surface area contributed by atoms with Crippen LogP contribution in [0.3, 0.4) is 0 Å². The molecule has 0 bridgehead atoms. The minimum absolute atomic E-state index is 0.145. The SMILES string of the molecule is CS(=O)(=O)Cc1ccc(Cl)cc1F. The summed E-state index contributed by atoms with van der Waals surface area (Å²) >= 11 is 5.50. The highest BCUT2D eigenvalue weighted by atomic mass is 35.5. The fourth-order valence-corrected chi connectivity index (χ4v) is 1.88. The van der Waals surface area contributed by atoms with Gasteiger partial charge >= 0.3 is 0 Å². The number of halogens is 2. The van der Waals surface area contributed by atoms with Crippen molar-refractivity contribution < 1.29 is 12.8 Å². The molecule has 0 unspecified atom stereocenters. The Kier molecular flexibility index (Phi) is 2.93. The smallest absolute Gasteiger partial charge is 0.151 e. The first-order valence-electron chi connectivity index (χ1n) is 3.50. The Morgan fingerprint density at radius 2 is 2.08 bits per heavy atom. The van der Waals surface area contributed by atoms with Gasteiger partial charge in [0.25, 0.3) is 0 Å². The lowest BCUT2D eigenvalue weighted by Crippen LogP contribution is -2.02. The standard InChI is InChI=1S/C8H8ClFO2S/c1-13(11,12)5-6-2-3-7(9)4-8(6)10/h2-4H,5H2,1H3. The Bertz CT molecular complexity index is 414. The van der Waals surface area contributed by atoms with Gasteiger partial charge in [-0.2, -0.15) is 0 Å². The lowest BCUT2D eigenvalue weighted by molar-refractivity contribution is 0.591. The Morgan fingerprint density at radius 1 is 1.46 bits per heavy atom. The molecular weight excluding hydrogens is 215 g/mol. The summed E-state index contributed by atoms with van der Waals surface area (Å²) in [6.45, 7) is 0. The second kappa shape index (κ2) is 3.64. The van der Waals surface area contributed by atoms with Crippen molar-refractivity contribution in [2.24, 2.45) is 0 Å². The van der Waals surface area contributed by atoms with Crippen molar-refractivity contribution in [3.8, 4) is 0 Å². The Morgan fingerprint density at radius 3 is 2.54 bits per heavy atom. The molecule has 0 saturated heterocycles. The van der Waals surface area contributed by atoms with Gasteiger partial charge in [0, 0.05) is 16.8 Å². The monoisotopic (exact) mass is 222 g/mol. The van der Waals surface area contributed by atoms with Crippen molar-refractivity contribution in [1.29, 1.82) is 0 Å². The molecule has 13 heavy (non-hydrogen) atoms. The molecule has 5 heteroatoms. The molecule has 72 valence electrons. The van der Waals surface area contributed by atoms with Gasteiger partial charge in [0.2, 0.25) is 0 Å². The molecule has 0 aliphatic rings. The molecule has 2 nitrogen and oxygen atoms in total. The van der Waals surface area contributed by atoms with Crippen LogP contribution in [0.4, 0.5) is 4.39 Å². The molecule has 0 amide bonds. The zero-order valence-corrected chi connectivity index (χ0v) is 8.49. The van der Waals surface area contributed by atoms with Crippen LogP contribution in [0.5, 0.6) is 0 Å². The number of rotatable bonds is 2. The first kappa shape index (κ1) is 10.5. The fraction of sp³-hybridized carbons (Fsp3) is 0.250. The molecule has 0 aliphatic heterocycles. The summed E-state index contributed by atoms with van der Waals surface area (Å²) < 4.78 is 34.7. The normalized spacial score (nSPS) is 11.6. The first-order chi connectivity index (χ1) is 5.88. The number of hydrogen-bond acceptors (Lipinski definition) is 2. The van der Waals surface area contributed by atoms with E-state index in [1.54, 1.807) is 0 Å². The molecule has 0 N–H and O–H groups in total. The summed E-state index contributed by atoms with van der Waals surface area (Å²) in [4.78, 5) is 0. The summed E-state index contributed by atoms with van der Waals surface area (Å²) in [7, 11) is -3.20. The van der Waals surface area contributed by atoms with Gasteiger partial charge in [-0.25, -0.2) is 12.8 Å². The van der Waals surface area contributed by atoms with E-state index in [9.17, 15) is 12.8 Å². The summed E-state index contributed by atoms with van der Waals surface area (Å²) in [6.07, 6.45) is 1.06. The molecule has 0 atom stereocenters. The van der Waals surface area contributed by atoms with Crippen molar-refractivity contribution in [1.82, 2.24) is 0 Å². The van der Waals surface area contributed by atoms with E-state index in [2.05, 4.69) is 0 Å². The minimum atomic E-state index is -3.20. The Balaban J connectivity index is 3.04. The molecule has 0 saturated carbocycles. The van der Waals surface area contributed by atoms with Gasteiger partial charge in [0.1, 0.15) is 5.82 Å². The van der Waals surface area contributed by atoms with Gasteiger partial charge in [0.05, 0.1) is 5.75 Å². The third-order valence-corrected chi connectivity index (χ3v) is 2.50. The zero-order chi connectivity index (χ0) is 10.1. The molecule has 0 spiro atoms. The van der Waals surface area contributed by atoms with E-state index in [1.165, 1.54) is 12.1 Å². The van der Waals surface area contributed by atoms with Crippen LogP contribution in [0.15, 0.2) is 18.2 Å². The predicted octanol–water partition coefficient (Wildman–Crippen LogP) is 2.02. The van der Waals surface area contributed by atoms with Crippen molar-refractivity contribution in [2.45, 2.75) is 5.75 Å². The van der Waals surface area contributed by atoms with Crippen molar-refractivity contribution in [3.63, 3.8) is 0 Å². The molecule has 0 aromatic heterocycles. The average Bonchev–Trinajstić information content (AvgIpc) is 1.93. The van der Waals surface area contributed by atoms with E-state index >= 15 is 0 Å². The summed E-state index contributed by atoms with van der Waals surface area (Å²) in [5.41, 5.74) is 0.145. The maximum atomic E-state index is 13.0. The number of benzene rings is 1. The topological polar surface area (TPSA) is 34.1 Å². The van der Waals surface area contributed by atoms with Crippen LogP contribution in [0, 0.1) is 5.82 Å². The predicted molar refractivity (Wildman–Crippen MR) is 50.0 cm³/mol. The van der Waals surface area contributed by atoms with E-state index in [0.29, 0.717) is 0 Å². The molecule has 0 heterocycles. The molecule has 0 radical (unpaired) electrons. The van der Waals surface area contributed by atoms with E-state index in [4.69, 9.17) is 11.6 Å². The van der Waals surface area contributed by atoms with Gasteiger partial charge in [-0.05, 0) is 12.1 Å². The summed E-state index contributed by atoms with van der Waals surface area (Å²) in [6, 6.07) is 3.94. The maximum absolute atomic E-state index is 13.0. The van der Waals surface area contributed by atoms with Crippen LogP contribution in [0.2, 0.25) is 5.02 Å². The van der Waals surface area contributed by atoms with Crippen LogP contribution in [0.25, 0.3) is 0 Å². The molecule has 0 fully saturated rings. The molecule has 0 aliphatic carbocycles. The fourth-order valence-electron chi connectivity index (χ4n) is 0.921. The lowest BCUT2D eigenvalue weighted by Gasteiger charge is -2.01. The number of hydrogen-bond donors (Lipinski definition) is 0. The van der Waals surface area contributed by atoms with Crippen molar-refractivity contribution in [3.05, 3.63) is 34.6 Å². The van der Waals surface area contributed by atoms with Crippen LogP contribution >= 0.6 is 11.6 Å². The summed E-state index contributed by atoms with van der Waals surface area (Å²) in [5.74, 6) is -0.881. The minimum Gasteiger partial charge on any atom is -0.229 e. The second-order valence-electron chi connectivity index (χ2n) is 2.81. The van der Waals surface area contributed by atoms with E-state index < -0.39 is 15.7 Å². The van der Waals surface area contributed by atoms with Crippen LogP contribution < -0.4 is 0 Å². The molecule has 1 aromatic carbocycles. The van der Waals surface area contributed by atoms with Gasteiger partial charge in [-0.3, -0.25) is 0 Å². The summed E-state index contributed by atoms with van der Waals surface area (Å²) in [5, 5.41) is 0.259. The molecular formula is C8H8ClFO2S. The van der Waals surface area contributed by atoms with Gasteiger partial charge in [-0.15, -0.1) is 0 Å². The van der Waals surface area contributed by atoms with E-state index in [-0.39, 0.29) is 16.3 Å². The maximum Gasteiger partial charge on any atom is 0.151 e. The van der Waals surface area contributed by atoms with Crippen LogP contribution in [-0.4, -0.2) is 14.7 Å². The van der Waals surface area contributed by atoms with Gasteiger partial charge in [-0.1, -0.05) is 17.7 Å². The highest BCUT2D eigenvalue weighted by molar-refractivity contribution is 7.89. The first-order valence-corrected chi connectivity index (χ1v) is 5.94. The van der Waals surface area contributed by atoms with Gasteiger partial charge < -0.3 is 0 Å². The largest absolute Gasteiger partial charge is 0.229 e. The average molecular weight is 223 g/mol. The van der Waals surface area contributed by atoms with E-state index in [0.717, 1.165) is 12.3 Å². The van der Waals surface area contributed by atoms with Gasteiger partial charge in [0.15, 0.2) is 9.84 Å². The second-order valence-corrected chi connectivity index (χ2v) is 5.38. The Hall–Kier alpha value is -0.610. The van der Waals surface area contributed by atoms with Crippen molar-refractivity contribution >= 4 is 21.4 Å². The van der Waals surface area contributed by atoms with E-state index in [1.807, 2.05) is 0 Å². The zero-order valence-electron chi connectivity index (χ0n) is 6.92. The van der Waals surface area contributed by atoms with Crippen LogP contribution in [-0.2, 0) is 15.6 Å². The highest BCUT2D eigenvalue weighted by Gasteiger charge is 2.09. The third-order valence-electron chi connectivity index (χ3n) is 1.43. The quantitative estimate of drug-likeness (QED) is 0.767. The molecule has 1 aromatic rings. The lowest BCUT2D eigenvalue weighted by atomic mass is 10.2. The highest BCUT2D eigenvalue weighted by Crippen LogP contribution is 2.16. The molecule has 1 rings (SSSR count). The number of sulfone groups is 1. The van der Waals surface area contributed by atoms with Crippen LogP contribution in [0.1, 0.15) is 5.56 Å². The third kappa shape index (κ3) is 3.32. The Labute approximate surface area is 81.3 Å².